The number of piperidine rings is 1. The van der Waals surface area contributed by atoms with Gasteiger partial charge in [0.25, 0.3) is 0 Å². The lowest BCUT2D eigenvalue weighted by molar-refractivity contribution is 0.00668. The molecule has 1 saturated heterocycles. The highest BCUT2D eigenvalue weighted by atomic mass is 16.3. The minimum Gasteiger partial charge on any atom is -0.391 e. The molecule has 3 unspecified atom stereocenters. The van der Waals surface area contributed by atoms with E-state index in [1.165, 1.54) is 32.1 Å². The number of aromatic nitrogens is 1. The third-order valence-corrected chi connectivity index (χ3v) is 5.31. The van der Waals surface area contributed by atoms with Crippen molar-refractivity contribution >= 4 is 0 Å². The van der Waals surface area contributed by atoms with Gasteiger partial charge in [0.2, 0.25) is 0 Å². The molecule has 2 fully saturated rings. The Balaban J connectivity index is 1.47. The highest BCUT2D eigenvalue weighted by molar-refractivity contribution is 5.08. The summed E-state index contributed by atoms with van der Waals surface area (Å²) in [4.78, 5) is 6.96. The van der Waals surface area contributed by atoms with E-state index in [0.717, 1.165) is 25.2 Å². The van der Waals surface area contributed by atoms with Crippen molar-refractivity contribution in [2.45, 2.75) is 69.7 Å². The molecular formula is C18H29N3O. The summed E-state index contributed by atoms with van der Waals surface area (Å²) >= 11 is 0. The predicted octanol–water partition coefficient (Wildman–Crippen LogP) is 2.50. The predicted molar refractivity (Wildman–Crippen MR) is 88.6 cm³/mol. The highest BCUT2D eigenvalue weighted by Gasteiger charge is 2.31. The van der Waals surface area contributed by atoms with E-state index in [-0.39, 0.29) is 6.10 Å². The molecule has 122 valence electrons. The Morgan fingerprint density at radius 2 is 1.95 bits per heavy atom. The first-order valence-electron chi connectivity index (χ1n) is 8.83. The molecule has 0 amide bonds. The Morgan fingerprint density at radius 3 is 2.64 bits per heavy atom. The zero-order chi connectivity index (χ0) is 15.4. The molecule has 3 atom stereocenters. The van der Waals surface area contributed by atoms with E-state index in [1.54, 1.807) is 0 Å². The quantitative estimate of drug-likeness (QED) is 0.897. The van der Waals surface area contributed by atoms with Crippen LogP contribution in [0.5, 0.6) is 0 Å². The Bertz CT molecular complexity index is 445. The number of hydrogen-bond donors (Lipinski definition) is 2. The molecule has 0 radical (unpaired) electrons. The molecule has 1 aromatic heterocycles. The first kappa shape index (κ1) is 15.9. The minimum absolute atomic E-state index is 0.106. The molecule has 2 N–H and O–H groups in total. The summed E-state index contributed by atoms with van der Waals surface area (Å²) < 4.78 is 0. The van der Waals surface area contributed by atoms with Crippen molar-refractivity contribution < 1.29 is 5.11 Å². The van der Waals surface area contributed by atoms with Crippen molar-refractivity contribution in [2.24, 2.45) is 0 Å². The third kappa shape index (κ3) is 3.86. The average Bonchev–Trinajstić information content (AvgIpc) is 2.57. The lowest BCUT2D eigenvalue weighted by atomic mass is 9.89. The van der Waals surface area contributed by atoms with E-state index >= 15 is 0 Å². The van der Waals surface area contributed by atoms with Crippen LogP contribution in [0.4, 0.5) is 0 Å². The van der Waals surface area contributed by atoms with E-state index < -0.39 is 0 Å². The zero-order valence-electron chi connectivity index (χ0n) is 13.6. The molecule has 2 aliphatic rings. The van der Waals surface area contributed by atoms with Gasteiger partial charge in [-0.1, -0.05) is 18.9 Å². The van der Waals surface area contributed by atoms with Crippen molar-refractivity contribution in [1.29, 1.82) is 0 Å². The number of rotatable bonds is 4. The van der Waals surface area contributed by atoms with Crippen LogP contribution in [0.3, 0.4) is 0 Å². The van der Waals surface area contributed by atoms with Crippen LogP contribution in [-0.2, 0) is 0 Å². The van der Waals surface area contributed by atoms with Crippen molar-refractivity contribution in [3.8, 4) is 0 Å². The maximum Gasteiger partial charge on any atom is 0.0695 e. The van der Waals surface area contributed by atoms with Gasteiger partial charge in [0.15, 0.2) is 0 Å². The first-order chi connectivity index (χ1) is 10.7. The van der Waals surface area contributed by atoms with Gasteiger partial charge in [0, 0.05) is 37.4 Å². The summed E-state index contributed by atoms with van der Waals surface area (Å²) in [5, 5.41) is 13.9. The Kier molecular flexibility index (Phi) is 5.45. The summed E-state index contributed by atoms with van der Waals surface area (Å²) in [6.07, 6.45) is 8.71. The number of nitrogens with one attached hydrogen (secondary N) is 1. The van der Waals surface area contributed by atoms with Crippen LogP contribution in [0.2, 0.25) is 0 Å². The van der Waals surface area contributed by atoms with Crippen molar-refractivity contribution in [2.75, 3.05) is 13.1 Å². The van der Waals surface area contributed by atoms with E-state index in [0.29, 0.717) is 18.1 Å². The van der Waals surface area contributed by atoms with Crippen LogP contribution < -0.4 is 5.32 Å². The second-order valence-electron chi connectivity index (χ2n) is 6.87. The molecule has 0 aromatic carbocycles. The zero-order valence-corrected chi connectivity index (χ0v) is 13.6. The van der Waals surface area contributed by atoms with Gasteiger partial charge in [-0.15, -0.1) is 0 Å². The van der Waals surface area contributed by atoms with E-state index in [2.05, 4.69) is 28.2 Å². The largest absolute Gasteiger partial charge is 0.391 e. The summed E-state index contributed by atoms with van der Waals surface area (Å²) in [6, 6.07) is 7.37. The number of aliphatic hydroxyl groups is 1. The molecule has 4 heteroatoms. The fraction of sp³-hybridized carbons (Fsp3) is 0.722. The average molecular weight is 303 g/mol. The summed E-state index contributed by atoms with van der Waals surface area (Å²) in [5.41, 5.74) is 1.12. The molecule has 4 nitrogen and oxygen atoms in total. The normalized spacial score (nSPS) is 29.4. The second kappa shape index (κ2) is 7.53. The monoisotopic (exact) mass is 303 g/mol. The molecule has 1 saturated carbocycles. The van der Waals surface area contributed by atoms with Crippen LogP contribution >= 0.6 is 0 Å². The fourth-order valence-electron chi connectivity index (χ4n) is 3.99. The van der Waals surface area contributed by atoms with Crippen molar-refractivity contribution in [3.05, 3.63) is 30.1 Å². The van der Waals surface area contributed by atoms with Crippen LogP contribution in [0, 0.1) is 0 Å². The smallest absolute Gasteiger partial charge is 0.0695 e. The van der Waals surface area contributed by atoms with Gasteiger partial charge < -0.3 is 10.4 Å². The molecule has 1 aliphatic carbocycles. The number of hydrogen-bond acceptors (Lipinski definition) is 4. The fourth-order valence-corrected chi connectivity index (χ4v) is 3.99. The first-order valence-corrected chi connectivity index (χ1v) is 8.83. The molecule has 1 aliphatic heterocycles. The molecule has 22 heavy (non-hydrogen) atoms. The van der Waals surface area contributed by atoms with E-state index in [9.17, 15) is 5.11 Å². The molecule has 0 bridgehead atoms. The van der Waals surface area contributed by atoms with Gasteiger partial charge in [-0.25, -0.2) is 0 Å². The number of nitrogens with zero attached hydrogens (tertiary/aromatic N) is 2. The van der Waals surface area contributed by atoms with Gasteiger partial charge in [-0.05, 0) is 44.7 Å². The summed E-state index contributed by atoms with van der Waals surface area (Å²) in [7, 11) is 0. The van der Waals surface area contributed by atoms with Gasteiger partial charge in [0.05, 0.1) is 11.8 Å². The van der Waals surface area contributed by atoms with Crippen LogP contribution in [0.15, 0.2) is 24.4 Å². The lowest BCUT2D eigenvalue weighted by Gasteiger charge is -2.42. The Hall–Kier alpha value is -0.970. The SMILES string of the molecule is CC(NC1CCN(C2CCCCC2O)CC1)c1ccccn1. The topological polar surface area (TPSA) is 48.4 Å². The molecule has 0 spiro atoms. The van der Waals surface area contributed by atoms with Gasteiger partial charge in [-0.2, -0.15) is 0 Å². The van der Waals surface area contributed by atoms with Crippen LogP contribution in [0.25, 0.3) is 0 Å². The molecule has 3 rings (SSSR count). The maximum absolute atomic E-state index is 10.2. The minimum atomic E-state index is -0.106. The lowest BCUT2D eigenvalue weighted by Crippen LogP contribution is -2.51. The second-order valence-corrected chi connectivity index (χ2v) is 6.87. The van der Waals surface area contributed by atoms with Crippen molar-refractivity contribution in [1.82, 2.24) is 15.2 Å². The van der Waals surface area contributed by atoms with E-state index in [4.69, 9.17) is 0 Å². The molecular weight excluding hydrogens is 274 g/mol. The van der Waals surface area contributed by atoms with Crippen LogP contribution in [-0.4, -0.2) is 46.3 Å². The Morgan fingerprint density at radius 1 is 1.18 bits per heavy atom. The molecule has 1 aromatic rings. The molecule has 2 heterocycles. The maximum atomic E-state index is 10.2. The summed E-state index contributed by atoms with van der Waals surface area (Å²) in [6.45, 7) is 4.41. The number of pyridine rings is 1. The van der Waals surface area contributed by atoms with Gasteiger partial charge in [-0.3, -0.25) is 9.88 Å². The summed E-state index contributed by atoms with van der Waals surface area (Å²) in [5.74, 6) is 0. The van der Waals surface area contributed by atoms with E-state index in [1.807, 2.05) is 18.3 Å². The third-order valence-electron chi connectivity index (χ3n) is 5.31. The van der Waals surface area contributed by atoms with Gasteiger partial charge in [0.1, 0.15) is 0 Å². The van der Waals surface area contributed by atoms with Crippen LogP contribution in [0.1, 0.15) is 57.2 Å². The highest BCUT2D eigenvalue weighted by Crippen LogP contribution is 2.26. The van der Waals surface area contributed by atoms with Gasteiger partial charge >= 0.3 is 0 Å². The Labute approximate surface area is 133 Å². The standard InChI is InChI=1S/C18H29N3O/c1-14(16-6-4-5-11-19-16)20-15-9-12-21(13-10-15)17-7-2-3-8-18(17)22/h4-6,11,14-15,17-18,20,22H,2-3,7-10,12-13H2,1H3. The number of aliphatic hydroxyl groups excluding tert-OH is 1. The number of likely N-dealkylation sites (tertiary alicyclic amines) is 1. The van der Waals surface area contributed by atoms with Crippen molar-refractivity contribution in [3.63, 3.8) is 0 Å².